The number of unbranched alkanes of at least 4 members (excludes halogenated alkanes) is 1. The number of benzene rings is 2. The van der Waals surface area contributed by atoms with Crippen molar-refractivity contribution in [1.82, 2.24) is 4.98 Å². The zero-order valence-electron chi connectivity index (χ0n) is 14.7. The van der Waals surface area contributed by atoms with Crippen molar-refractivity contribution in [2.24, 2.45) is 0 Å². The van der Waals surface area contributed by atoms with Gasteiger partial charge in [-0.3, -0.25) is 4.79 Å². The predicted octanol–water partition coefficient (Wildman–Crippen LogP) is 4.39. The lowest BCUT2D eigenvalue weighted by Crippen LogP contribution is -2.14. The molecule has 0 atom stereocenters. The third kappa shape index (κ3) is 4.11. The highest BCUT2D eigenvalue weighted by atomic mass is 16.5. The molecule has 0 saturated carbocycles. The second-order valence-electron chi connectivity index (χ2n) is 5.97. The fraction of sp³-hybridized carbons (Fsp3) is 0.238. The number of carbonyl (C=O) groups is 2. The molecule has 1 N–H and O–H groups in total. The van der Waals surface area contributed by atoms with Gasteiger partial charge in [0.1, 0.15) is 5.75 Å². The van der Waals surface area contributed by atoms with E-state index in [4.69, 9.17) is 9.47 Å². The Morgan fingerprint density at radius 3 is 2.58 bits per heavy atom. The molecule has 2 aromatic carbocycles. The summed E-state index contributed by atoms with van der Waals surface area (Å²) in [6, 6.07) is 14.2. The van der Waals surface area contributed by atoms with Crippen LogP contribution >= 0.6 is 0 Å². The predicted molar refractivity (Wildman–Crippen MR) is 99.8 cm³/mol. The zero-order chi connectivity index (χ0) is 18.4. The number of aromatic nitrogens is 1. The smallest absolute Gasteiger partial charge is 0.338 e. The first-order valence-electron chi connectivity index (χ1n) is 8.68. The minimum atomic E-state index is -0.529. The monoisotopic (exact) mass is 351 g/mol. The van der Waals surface area contributed by atoms with Crippen molar-refractivity contribution >= 4 is 22.7 Å². The van der Waals surface area contributed by atoms with Gasteiger partial charge >= 0.3 is 5.97 Å². The van der Waals surface area contributed by atoms with Gasteiger partial charge in [-0.25, -0.2) is 4.79 Å². The summed E-state index contributed by atoms with van der Waals surface area (Å²) in [6.07, 6.45) is 3.69. The van der Waals surface area contributed by atoms with Crippen LogP contribution in [0.3, 0.4) is 0 Å². The maximum absolute atomic E-state index is 12.3. The molecule has 0 spiro atoms. The number of para-hydroxylation sites is 1. The summed E-state index contributed by atoms with van der Waals surface area (Å²) in [6.45, 7) is 2.45. The van der Waals surface area contributed by atoms with E-state index in [0.717, 1.165) is 23.7 Å². The summed E-state index contributed by atoms with van der Waals surface area (Å²) in [5.41, 5.74) is 1.79. The van der Waals surface area contributed by atoms with Crippen LogP contribution in [0.5, 0.6) is 5.75 Å². The first-order valence-corrected chi connectivity index (χ1v) is 8.68. The van der Waals surface area contributed by atoms with Crippen LogP contribution < -0.4 is 4.74 Å². The summed E-state index contributed by atoms with van der Waals surface area (Å²) >= 11 is 0. The molecule has 5 heteroatoms. The van der Waals surface area contributed by atoms with Crippen LogP contribution in [0.15, 0.2) is 54.7 Å². The van der Waals surface area contributed by atoms with Crippen LogP contribution in [0.2, 0.25) is 0 Å². The molecular weight excluding hydrogens is 330 g/mol. The molecule has 0 aliphatic rings. The molecule has 0 bridgehead atoms. The van der Waals surface area contributed by atoms with Gasteiger partial charge in [0, 0.05) is 22.7 Å². The van der Waals surface area contributed by atoms with E-state index in [9.17, 15) is 9.59 Å². The first-order chi connectivity index (χ1) is 12.7. The van der Waals surface area contributed by atoms with E-state index < -0.39 is 5.97 Å². The summed E-state index contributed by atoms with van der Waals surface area (Å²) in [7, 11) is 0. The van der Waals surface area contributed by atoms with Gasteiger partial charge < -0.3 is 14.5 Å². The number of carbonyl (C=O) groups excluding carboxylic acids is 2. The average Bonchev–Trinajstić information content (AvgIpc) is 3.11. The molecule has 1 aromatic heterocycles. The molecule has 0 aliphatic heterocycles. The van der Waals surface area contributed by atoms with Gasteiger partial charge in [-0.1, -0.05) is 31.5 Å². The topological polar surface area (TPSA) is 68.4 Å². The average molecular weight is 351 g/mol. The summed E-state index contributed by atoms with van der Waals surface area (Å²) < 4.78 is 10.7. The van der Waals surface area contributed by atoms with E-state index in [1.165, 1.54) is 0 Å². The Morgan fingerprint density at radius 1 is 1.04 bits per heavy atom. The van der Waals surface area contributed by atoms with E-state index in [-0.39, 0.29) is 12.4 Å². The van der Waals surface area contributed by atoms with Crippen molar-refractivity contribution in [3.05, 3.63) is 65.9 Å². The van der Waals surface area contributed by atoms with Gasteiger partial charge in [-0.15, -0.1) is 0 Å². The number of ether oxygens (including phenoxy) is 2. The maximum atomic E-state index is 12.3. The van der Waals surface area contributed by atoms with Gasteiger partial charge in [0.2, 0.25) is 5.78 Å². The van der Waals surface area contributed by atoms with Crippen molar-refractivity contribution in [3.8, 4) is 5.75 Å². The quantitative estimate of drug-likeness (QED) is 0.371. The standard InChI is InChI=1S/C21H21NO4/c1-2-3-12-25-16-10-8-15(9-11-16)21(24)26-14-20(23)18-13-22-19-7-5-4-6-17(18)19/h4-11,13,22H,2-3,12,14H2,1H3. The molecule has 1 heterocycles. The van der Waals surface area contributed by atoms with Gasteiger partial charge in [0.05, 0.1) is 12.2 Å². The number of hydrogen-bond donors (Lipinski definition) is 1. The Balaban J connectivity index is 1.57. The fourth-order valence-electron chi connectivity index (χ4n) is 2.62. The number of ketones is 1. The number of H-pyrrole nitrogens is 1. The Hall–Kier alpha value is -3.08. The van der Waals surface area contributed by atoms with Crippen LogP contribution in [0.1, 0.15) is 40.5 Å². The molecule has 0 radical (unpaired) electrons. The highest BCUT2D eigenvalue weighted by molar-refractivity contribution is 6.09. The molecular formula is C21H21NO4. The number of Topliss-reactive ketones (excluding diaryl/α,β-unsaturated/α-hetero) is 1. The van der Waals surface area contributed by atoms with Crippen LogP contribution in [0.25, 0.3) is 10.9 Å². The maximum Gasteiger partial charge on any atom is 0.338 e. The number of nitrogens with one attached hydrogen (secondary N) is 1. The van der Waals surface area contributed by atoms with E-state index in [0.29, 0.717) is 23.5 Å². The van der Waals surface area contributed by atoms with Crippen molar-refractivity contribution in [2.45, 2.75) is 19.8 Å². The Morgan fingerprint density at radius 2 is 1.81 bits per heavy atom. The normalized spacial score (nSPS) is 10.7. The molecule has 3 aromatic rings. The lowest BCUT2D eigenvalue weighted by atomic mass is 10.1. The van der Waals surface area contributed by atoms with Crippen molar-refractivity contribution in [1.29, 1.82) is 0 Å². The first kappa shape index (κ1) is 17.7. The van der Waals surface area contributed by atoms with E-state index >= 15 is 0 Å². The van der Waals surface area contributed by atoms with Gasteiger partial charge in [0.25, 0.3) is 0 Å². The Labute approximate surface area is 151 Å². The van der Waals surface area contributed by atoms with Gasteiger partial charge in [-0.2, -0.15) is 0 Å². The highest BCUT2D eigenvalue weighted by Crippen LogP contribution is 2.18. The van der Waals surface area contributed by atoms with E-state index in [1.54, 1.807) is 30.5 Å². The number of rotatable bonds is 8. The lowest BCUT2D eigenvalue weighted by Gasteiger charge is -2.07. The van der Waals surface area contributed by atoms with Crippen molar-refractivity contribution in [2.75, 3.05) is 13.2 Å². The Kier molecular flexibility index (Phi) is 5.69. The van der Waals surface area contributed by atoms with Gasteiger partial charge in [-0.05, 0) is 36.8 Å². The van der Waals surface area contributed by atoms with Crippen molar-refractivity contribution in [3.63, 3.8) is 0 Å². The second-order valence-corrected chi connectivity index (χ2v) is 5.97. The largest absolute Gasteiger partial charge is 0.494 e. The second kappa shape index (κ2) is 8.34. The number of esters is 1. The number of hydrogen-bond acceptors (Lipinski definition) is 4. The molecule has 26 heavy (non-hydrogen) atoms. The fourth-order valence-corrected chi connectivity index (χ4v) is 2.62. The molecule has 5 nitrogen and oxygen atoms in total. The molecule has 0 saturated heterocycles. The number of aromatic amines is 1. The highest BCUT2D eigenvalue weighted by Gasteiger charge is 2.15. The zero-order valence-corrected chi connectivity index (χ0v) is 14.7. The van der Waals surface area contributed by atoms with Crippen LogP contribution in [-0.2, 0) is 4.74 Å². The minimum Gasteiger partial charge on any atom is -0.494 e. The lowest BCUT2D eigenvalue weighted by molar-refractivity contribution is 0.0475. The molecule has 0 amide bonds. The van der Waals surface area contributed by atoms with Gasteiger partial charge in [0.15, 0.2) is 6.61 Å². The minimum absolute atomic E-state index is 0.240. The summed E-state index contributed by atoms with van der Waals surface area (Å²) in [5, 5.41) is 0.821. The molecule has 134 valence electrons. The summed E-state index contributed by atoms with van der Waals surface area (Å²) in [4.78, 5) is 27.5. The molecule has 0 fully saturated rings. The van der Waals surface area contributed by atoms with E-state index in [2.05, 4.69) is 11.9 Å². The third-order valence-corrected chi connectivity index (χ3v) is 4.08. The van der Waals surface area contributed by atoms with Crippen LogP contribution in [-0.4, -0.2) is 30.0 Å². The molecule has 0 unspecified atom stereocenters. The van der Waals surface area contributed by atoms with E-state index in [1.807, 2.05) is 24.3 Å². The van der Waals surface area contributed by atoms with Crippen LogP contribution in [0.4, 0.5) is 0 Å². The third-order valence-electron chi connectivity index (χ3n) is 4.08. The van der Waals surface area contributed by atoms with Crippen molar-refractivity contribution < 1.29 is 19.1 Å². The summed E-state index contributed by atoms with van der Waals surface area (Å²) in [5.74, 6) is -0.0570. The Bertz CT molecular complexity index is 896. The molecule has 3 rings (SSSR count). The number of fused-ring (bicyclic) bond motifs is 1. The SMILES string of the molecule is CCCCOc1ccc(C(=O)OCC(=O)c2c[nH]c3ccccc23)cc1. The van der Waals surface area contributed by atoms with Crippen LogP contribution in [0, 0.1) is 0 Å². The molecule has 0 aliphatic carbocycles.